The first-order valence-electron chi connectivity index (χ1n) is 4.30. The van der Waals surface area contributed by atoms with Crippen LogP contribution in [0.4, 0.5) is 0 Å². The zero-order valence-electron chi connectivity index (χ0n) is 8.23. The van der Waals surface area contributed by atoms with Crippen molar-refractivity contribution >= 4 is 14.1 Å². The summed E-state index contributed by atoms with van der Waals surface area (Å²) in [5.41, 5.74) is 0. The monoisotopic (exact) mass is 229 g/mol. The van der Waals surface area contributed by atoms with Gasteiger partial charge in [-0.15, -0.1) is 0 Å². The van der Waals surface area contributed by atoms with E-state index in [0.29, 0.717) is 5.75 Å². The molecular formula is C9H12NO4P. The van der Waals surface area contributed by atoms with Gasteiger partial charge in [0.15, 0.2) is 0 Å². The van der Waals surface area contributed by atoms with E-state index in [0.717, 1.165) is 0 Å². The van der Waals surface area contributed by atoms with Crippen molar-refractivity contribution in [1.82, 2.24) is 5.09 Å². The Morgan fingerprint density at radius 1 is 1.40 bits per heavy atom. The summed E-state index contributed by atoms with van der Waals surface area (Å²) in [6.07, 6.45) is 0. The first-order chi connectivity index (χ1) is 7.22. The van der Waals surface area contributed by atoms with Gasteiger partial charge in [0, 0.05) is 0 Å². The predicted octanol–water partition coefficient (Wildman–Crippen LogP) is 1.22. The largest absolute Gasteiger partial charge is 0.468 e. The van der Waals surface area contributed by atoms with Gasteiger partial charge in [0.2, 0.25) is 0 Å². The summed E-state index contributed by atoms with van der Waals surface area (Å²) in [6, 6.07) is 8.73. The van der Waals surface area contributed by atoms with Crippen molar-refractivity contribution in [2.45, 2.75) is 0 Å². The Kier molecular flexibility index (Phi) is 4.87. The topological polar surface area (TPSA) is 64.6 Å². The highest BCUT2D eigenvalue weighted by Gasteiger charge is 2.04. The van der Waals surface area contributed by atoms with Crippen LogP contribution in [0.3, 0.4) is 0 Å². The van der Waals surface area contributed by atoms with Gasteiger partial charge in [-0.3, -0.25) is 9.36 Å². The van der Waals surface area contributed by atoms with E-state index >= 15 is 0 Å². The van der Waals surface area contributed by atoms with Gasteiger partial charge in [0.05, 0.1) is 7.11 Å². The molecule has 0 saturated carbocycles. The number of carbonyl (C=O) groups excluding carboxylic acids is 1. The fourth-order valence-electron chi connectivity index (χ4n) is 0.848. The van der Waals surface area contributed by atoms with Crippen LogP contribution in [0.5, 0.6) is 5.75 Å². The van der Waals surface area contributed by atoms with Crippen molar-refractivity contribution in [3.8, 4) is 5.75 Å². The molecule has 0 saturated heterocycles. The molecule has 0 aromatic heterocycles. The van der Waals surface area contributed by atoms with Crippen LogP contribution >= 0.6 is 8.18 Å². The van der Waals surface area contributed by atoms with Crippen LogP contribution in [-0.4, -0.2) is 19.6 Å². The number of hydrogen-bond acceptors (Lipinski definition) is 4. The van der Waals surface area contributed by atoms with Crippen LogP contribution < -0.4 is 9.61 Å². The number of para-hydroxylation sites is 1. The van der Waals surface area contributed by atoms with Crippen molar-refractivity contribution in [3.63, 3.8) is 0 Å². The van der Waals surface area contributed by atoms with Gasteiger partial charge >= 0.3 is 14.1 Å². The van der Waals surface area contributed by atoms with E-state index in [-0.39, 0.29) is 6.54 Å². The number of methoxy groups -OCH3 is 1. The summed E-state index contributed by atoms with van der Waals surface area (Å²) in [6.45, 7) is -0.124. The number of benzene rings is 1. The Bertz CT molecular complexity index is 341. The minimum atomic E-state index is -2.45. The van der Waals surface area contributed by atoms with Gasteiger partial charge < -0.3 is 9.26 Å². The van der Waals surface area contributed by atoms with Crippen molar-refractivity contribution in [3.05, 3.63) is 30.3 Å². The molecule has 0 aliphatic carbocycles. The highest BCUT2D eigenvalue weighted by molar-refractivity contribution is 7.37. The van der Waals surface area contributed by atoms with Gasteiger partial charge in [0.25, 0.3) is 0 Å². The second-order valence-electron chi connectivity index (χ2n) is 2.63. The molecule has 5 nitrogen and oxygen atoms in total. The summed E-state index contributed by atoms with van der Waals surface area (Å²) >= 11 is 0. The SMILES string of the molecule is COC(=O)CN[PH](=O)Oc1ccccc1. The average molecular weight is 229 g/mol. The lowest BCUT2D eigenvalue weighted by atomic mass is 10.3. The third-order valence-electron chi connectivity index (χ3n) is 1.56. The number of hydrogen-bond donors (Lipinski definition) is 1. The smallest absolute Gasteiger partial charge is 0.320 e. The number of esters is 1. The van der Waals surface area contributed by atoms with Gasteiger partial charge in [-0.1, -0.05) is 18.2 Å². The molecule has 0 aliphatic heterocycles. The Morgan fingerprint density at radius 3 is 2.67 bits per heavy atom. The van der Waals surface area contributed by atoms with E-state index in [1.807, 2.05) is 6.07 Å². The van der Waals surface area contributed by atoms with E-state index in [4.69, 9.17) is 4.52 Å². The molecule has 0 amide bonds. The van der Waals surface area contributed by atoms with Crippen LogP contribution in [0.2, 0.25) is 0 Å². The Balaban J connectivity index is 2.34. The molecule has 6 heteroatoms. The molecule has 0 heterocycles. The molecular weight excluding hydrogens is 217 g/mol. The lowest BCUT2D eigenvalue weighted by Gasteiger charge is -2.06. The molecule has 0 fully saturated rings. The molecule has 1 rings (SSSR count). The molecule has 0 radical (unpaired) electrons. The summed E-state index contributed by atoms with van der Waals surface area (Å²) in [5.74, 6) is 0.0174. The molecule has 1 aromatic carbocycles. The second-order valence-corrected chi connectivity index (χ2v) is 3.76. The first-order valence-corrected chi connectivity index (χ1v) is 5.61. The fourth-order valence-corrected chi connectivity index (χ4v) is 1.56. The standard InChI is InChI=1S/C9H12NO4P/c1-13-9(11)7-10-15(12)14-8-5-3-2-4-6-8/h2-6,15H,7H2,1H3,(H,10,12). The van der Waals surface area contributed by atoms with Crippen LogP contribution in [0.1, 0.15) is 0 Å². The summed E-state index contributed by atoms with van der Waals surface area (Å²) < 4.78 is 20.7. The fraction of sp³-hybridized carbons (Fsp3) is 0.222. The van der Waals surface area contributed by atoms with Crippen molar-refractivity contribution in [2.24, 2.45) is 0 Å². The zero-order valence-corrected chi connectivity index (χ0v) is 9.23. The quantitative estimate of drug-likeness (QED) is 0.607. The maximum Gasteiger partial charge on any atom is 0.320 e. The second kappa shape index (κ2) is 6.22. The molecule has 0 aliphatic rings. The number of rotatable bonds is 5. The summed E-state index contributed by atoms with van der Waals surface area (Å²) in [5, 5.41) is 2.43. The van der Waals surface area contributed by atoms with E-state index in [2.05, 4.69) is 9.82 Å². The lowest BCUT2D eigenvalue weighted by Crippen LogP contribution is -2.18. The van der Waals surface area contributed by atoms with Crippen LogP contribution in [0.25, 0.3) is 0 Å². The van der Waals surface area contributed by atoms with E-state index in [9.17, 15) is 9.36 Å². The maximum atomic E-state index is 11.3. The molecule has 1 N–H and O–H groups in total. The lowest BCUT2D eigenvalue weighted by molar-refractivity contribution is -0.139. The van der Waals surface area contributed by atoms with Crippen molar-refractivity contribution in [1.29, 1.82) is 0 Å². The third kappa shape index (κ3) is 4.63. The molecule has 1 unspecified atom stereocenters. The average Bonchev–Trinajstić information content (AvgIpc) is 2.27. The number of ether oxygens (including phenoxy) is 1. The third-order valence-corrected chi connectivity index (χ3v) is 2.45. The van der Waals surface area contributed by atoms with Crippen LogP contribution in [0.15, 0.2) is 30.3 Å². The minimum absolute atomic E-state index is 0.124. The zero-order chi connectivity index (χ0) is 11.1. The number of carbonyl (C=O) groups is 1. The summed E-state index contributed by atoms with van der Waals surface area (Å²) in [4.78, 5) is 10.7. The van der Waals surface area contributed by atoms with Gasteiger partial charge in [-0.2, -0.15) is 0 Å². The normalized spacial score (nSPS) is 11.8. The molecule has 0 bridgehead atoms. The Morgan fingerprint density at radius 2 is 2.07 bits per heavy atom. The highest BCUT2D eigenvalue weighted by atomic mass is 31.1. The van der Waals surface area contributed by atoms with Crippen molar-refractivity contribution in [2.75, 3.05) is 13.7 Å². The van der Waals surface area contributed by atoms with Gasteiger partial charge in [-0.05, 0) is 12.1 Å². The highest BCUT2D eigenvalue weighted by Crippen LogP contribution is 2.21. The number of nitrogens with one attached hydrogen (secondary N) is 1. The maximum absolute atomic E-state index is 11.3. The summed E-state index contributed by atoms with van der Waals surface area (Å²) in [7, 11) is -1.18. The van der Waals surface area contributed by atoms with Crippen LogP contribution in [0, 0.1) is 0 Å². The minimum Gasteiger partial charge on any atom is -0.468 e. The molecule has 15 heavy (non-hydrogen) atoms. The molecule has 82 valence electrons. The molecule has 1 aromatic rings. The van der Waals surface area contributed by atoms with E-state index in [1.165, 1.54) is 7.11 Å². The van der Waals surface area contributed by atoms with E-state index < -0.39 is 14.1 Å². The predicted molar refractivity (Wildman–Crippen MR) is 56.1 cm³/mol. The van der Waals surface area contributed by atoms with Crippen LogP contribution in [-0.2, 0) is 14.1 Å². The molecule has 0 spiro atoms. The van der Waals surface area contributed by atoms with Gasteiger partial charge in [-0.25, -0.2) is 5.09 Å². The van der Waals surface area contributed by atoms with Gasteiger partial charge in [0.1, 0.15) is 12.3 Å². The molecule has 1 atom stereocenters. The first kappa shape index (κ1) is 11.8. The Hall–Kier alpha value is -1.32. The van der Waals surface area contributed by atoms with Crippen molar-refractivity contribution < 1.29 is 18.6 Å². The van der Waals surface area contributed by atoms with E-state index in [1.54, 1.807) is 24.3 Å². The Labute approximate surface area is 88.3 Å².